The van der Waals surface area contributed by atoms with Crippen molar-refractivity contribution in [2.45, 2.75) is 12.2 Å². The lowest BCUT2D eigenvalue weighted by Gasteiger charge is -2.10. The zero-order valence-corrected chi connectivity index (χ0v) is 12.2. The normalized spacial score (nSPS) is 13.0. The van der Waals surface area contributed by atoms with Gasteiger partial charge in [0.05, 0.1) is 12.1 Å². The van der Waals surface area contributed by atoms with E-state index in [1.165, 1.54) is 12.1 Å². The number of benzene rings is 1. The molecule has 20 heavy (non-hydrogen) atoms. The molecular weight excluding hydrogens is 279 g/mol. The first kappa shape index (κ1) is 16.3. The van der Waals surface area contributed by atoms with Gasteiger partial charge in [-0.05, 0) is 25.1 Å². The second kappa shape index (κ2) is 7.78. The molecule has 0 heterocycles. The van der Waals surface area contributed by atoms with E-state index in [4.69, 9.17) is 5.73 Å². The minimum atomic E-state index is -1.01. The zero-order valence-electron chi connectivity index (χ0n) is 11.4. The fourth-order valence-electron chi connectivity index (χ4n) is 1.36. The van der Waals surface area contributed by atoms with Crippen LogP contribution in [0.1, 0.15) is 22.8 Å². The summed E-state index contributed by atoms with van der Waals surface area (Å²) in [6.45, 7) is 2.19. The maximum atomic E-state index is 13.7. The van der Waals surface area contributed by atoms with Gasteiger partial charge in [0, 0.05) is 34.4 Å². The molecule has 0 aromatic heterocycles. The van der Waals surface area contributed by atoms with Crippen LogP contribution in [0.25, 0.3) is 0 Å². The number of carbonyl (C=O) groups is 1. The minimum Gasteiger partial charge on any atom is -0.351 e. The molecule has 1 amide bonds. The van der Waals surface area contributed by atoms with Crippen LogP contribution < -0.4 is 11.1 Å². The Labute approximate surface area is 120 Å². The number of carbonyl (C=O) groups excluding carboxylic acids is 1. The highest BCUT2D eigenvalue weighted by molar-refractivity contribution is 7.84. The summed E-state index contributed by atoms with van der Waals surface area (Å²) in [6.07, 6.45) is 1.57. The molecule has 0 aliphatic heterocycles. The van der Waals surface area contributed by atoms with Crippen LogP contribution in [0.4, 0.5) is 4.39 Å². The first-order valence-corrected chi connectivity index (χ1v) is 7.66. The monoisotopic (exact) mass is 296 g/mol. The van der Waals surface area contributed by atoms with Crippen molar-refractivity contribution in [2.24, 2.45) is 5.73 Å². The summed E-state index contributed by atoms with van der Waals surface area (Å²) in [6, 6.07) is 4.06. The Morgan fingerprint density at radius 2 is 2.25 bits per heavy atom. The highest BCUT2D eigenvalue weighted by atomic mass is 32.2. The van der Waals surface area contributed by atoms with E-state index in [1.54, 1.807) is 13.2 Å². The van der Waals surface area contributed by atoms with Gasteiger partial charge < -0.3 is 11.1 Å². The van der Waals surface area contributed by atoms with Crippen molar-refractivity contribution in [3.05, 3.63) is 35.1 Å². The molecule has 0 aliphatic rings. The topological polar surface area (TPSA) is 72.2 Å². The van der Waals surface area contributed by atoms with E-state index in [2.05, 4.69) is 17.2 Å². The molecule has 0 spiro atoms. The van der Waals surface area contributed by atoms with Crippen LogP contribution in [-0.2, 0) is 10.8 Å². The molecule has 0 saturated heterocycles. The smallest absolute Gasteiger partial charge is 0.251 e. The summed E-state index contributed by atoms with van der Waals surface area (Å²) < 4.78 is 24.9. The lowest BCUT2D eigenvalue weighted by Crippen LogP contribution is -2.32. The van der Waals surface area contributed by atoms with Crippen LogP contribution in [0.15, 0.2) is 18.2 Å². The summed E-state index contributed by atoms with van der Waals surface area (Å²) in [5.74, 6) is 4.16. The van der Waals surface area contributed by atoms with Crippen molar-refractivity contribution in [3.63, 3.8) is 0 Å². The predicted octanol–water partition coefficient (Wildman–Crippen LogP) is 0.633. The van der Waals surface area contributed by atoms with Gasteiger partial charge in [0.15, 0.2) is 0 Å². The van der Waals surface area contributed by atoms with Crippen molar-refractivity contribution in [1.29, 1.82) is 0 Å². The summed E-state index contributed by atoms with van der Waals surface area (Å²) in [4.78, 5) is 11.8. The fourth-order valence-corrected chi connectivity index (χ4v) is 1.68. The predicted molar refractivity (Wildman–Crippen MR) is 78.2 cm³/mol. The largest absolute Gasteiger partial charge is 0.351 e. The highest BCUT2D eigenvalue weighted by Gasteiger charge is 2.11. The van der Waals surface area contributed by atoms with Crippen LogP contribution in [0.3, 0.4) is 0 Å². The molecular formula is C14H17FN2O2S. The molecule has 0 saturated carbocycles. The molecule has 2 unspecified atom stereocenters. The molecule has 0 aliphatic carbocycles. The Hall–Kier alpha value is -1.71. The van der Waals surface area contributed by atoms with Crippen molar-refractivity contribution in [3.8, 4) is 11.8 Å². The molecule has 0 radical (unpaired) electrons. The van der Waals surface area contributed by atoms with Crippen LogP contribution in [-0.4, -0.2) is 34.7 Å². The van der Waals surface area contributed by atoms with Crippen LogP contribution >= 0.6 is 0 Å². The maximum absolute atomic E-state index is 13.7. The Bertz CT molecular complexity index is 578. The number of rotatable bonds is 4. The number of amides is 1. The molecule has 6 heteroatoms. The molecule has 1 aromatic carbocycles. The van der Waals surface area contributed by atoms with Crippen LogP contribution in [0.2, 0.25) is 0 Å². The van der Waals surface area contributed by atoms with Gasteiger partial charge in [0.2, 0.25) is 0 Å². The lowest BCUT2D eigenvalue weighted by atomic mass is 10.1. The van der Waals surface area contributed by atoms with Gasteiger partial charge in [-0.3, -0.25) is 9.00 Å². The fraction of sp³-hybridized carbons (Fsp3) is 0.357. The number of hydrogen-bond acceptors (Lipinski definition) is 3. The molecule has 1 aromatic rings. The molecule has 0 fully saturated rings. The zero-order chi connectivity index (χ0) is 15.1. The first-order valence-electron chi connectivity index (χ1n) is 6.04. The number of hydrogen-bond donors (Lipinski definition) is 2. The summed E-state index contributed by atoms with van der Waals surface area (Å²) >= 11 is 0. The van der Waals surface area contributed by atoms with Gasteiger partial charge in [0.25, 0.3) is 5.91 Å². The summed E-state index contributed by atoms with van der Waals surface area (Å²) in [5.41, 5.74) is 5.62. The molecule has 4 nitrogen and oxygen atoms in total. The van der Waals surface area contributed by atoms with E-state index in [9.17, 15) is 13.4 Å². The maximum Gasteiger partial charge on any atom is 0.251 e. The summed E-state index contributed by atoms with van der Waals surface area (Å²) in [5, 5.41) is 2.46. The Kier molecular flexibility index (Phi) is 6.36. The number of halogens is 1. The second-order valence-electron chi connectivity index (χ2n) is 4.22. The average Bonchev–Trinajstić information content (AvgIpc) is 2.42. The van der Waals surface area contributed by atoms with Crippen LogP contribution in [0, 0.1) is 17.7 Å². The van der Waals surface area contributed by atoms with Crippen LogP contribution in [0.5, 0.6) is 0 Å². The summed E-state index contributed by atoms with van der Waals surface area (Å²) in [7, 11) is -1.01. The van der Waals surface area contributed by atoms with Crippen molar-refractivity contribution in [1.82, 2.24) is 5.32 Å². The minimum absolute atomic E-state index is 0.147. The lowest BCUT2D eigenvalue weighted by molar-refractivity contribution is 0.0953. The Morgan fingerprint density at radius 3 is 2.80 bits per heavy atom. The number of nitrogens with one attached hydrogen (secondary N) is 1. The Morgan fingerprint density at radius 1 is 1.55 bits per heavy atom. The van der Waals surface area contributed by atoms with E-state index in [0.29, 0.717) is 0 Å². The second-order valence-corrected chi connectivity index (χ2v) is 6.02. The number of nitrogens with two attached hydrogens (primary N) is 1. The molecule has 108 valence electrons. The standard InChI is InChI=1S/C14H17FN2O2S/c1-10(20(2)19)9-17-14(18)12-6-5-11(4-3-7-16)13(15)8-12/h5-6,8,10H,7,9,16H2,1-2H3,(H,17,18). The van der Waals surface area contributed by atoms with Gasteiger partial charge in [0.1, 0.15) is 5.82 Å². The van der Waals surface area contributed by atoms with E-state index in [1.807, 2.05) is 0 Å². The van der Waals surface area contributed by atoms with E-state index < -0.39 is 22.5 Å². The van der Waals surface area contributed by atoms with Crippen molar-refractivity contribution in [2.75, 3.05) is 19.3 Å². The Balaban J connectivity index is 2.75. The molecule has 2 atom stereocenters. The van der Waals surface area contributed by atoms with Crippen molar-refractivity contribution < 1.29 is 13.4 Å². The van der Waals surface area contributed by atoms with E-state index >= 15 is 0 Å². The van der Waals surface area contributed by atoms with E-state index in [-0.39, 0.29) is 29.5 Å². The first-order chi connectivity index (χ1) is 9.45. The average molecular weight is 296 g/mol. The van der Waals surface area contributed by atoms with Gasteiger partial charge in [-0.1, -0.05) is 11.8 Å². The molecule has 1 rings (SSSR count). The quantitative estimate of drug-likeness (QED) is 0.801. The molecule has 0 bridgehead atoms. The van der Waals surface area contributed by atoms with Gasteiger partial charge in [-0.15, -0.1) is 0 Å². The van der Waals surface area contributed by atoms with E-state index in [0.717, 1.165) is 6.07 Å². The molecule has 3 N–H and O–H groups in total. The van der Waals surface area contributed by atoms with Gasteiger partial charge in [-0.2, -0.15) is 0 Å². The third-order valence-corrected chi connectivity index (χ3v) is 3.97. The van der Waals surface area contributed by atoms with Crippen molar-refractivity contribution >= 4 is 16.7 Å². The third-order valence-electron chi connectivity index (χ3n) is 2.67. The van der Waals surface area contributed by atoms with Gasteiger partial charge >= 0.3 is 0 Å². The third kappa shape index (κ3) is 4.76. The van der Waals surface area contributed by atoms with Gasteiger partial charge in [-0.25, -0.2) is 4.39 Å². The SMILES string of the molecule is CC(CNC(=O)c1ccc(C#CCN)c(F)c1)S(C)=O. The highest BCUT2D eigenvalue weighted by Crippen LogP contribution is 2.09.